The molecule has 2 rings (SSSR count). The molecule has 1 heterocycles. The summed E-state index contributed by atoms with van der Waals surface area (Å²) in [4.78, 5) is 11.7. The smallest absolute Gasteiger partial charge is 0.237 e. The largest absolute Gasteiger partial charge is 0.355 e. The topological polar surface area (TPSA) is 41.1 Å². The summed E-state index contributed by atoms with van der Waals surface area (Å²) in [5.41, 5.74) is 0.959. The van der Waals surface area contributed by atoms with E-state index >= 15 is 0 Å². The fraction of sp³-hybridized carbons (Fsp3) is 0.462. The van der Waals surface area contributed by atoms with Gasteiger partial charge in [-0.1, -0.05) is 6.07 Å². The summed E-state index contributed by atoms with van der Waals surface area (Å²) in [6, 6.07) is 4.74. The second kappa shape index (κ2) is 6.29. The molecule has 1 aliphatic heterocycles. The Morgan fingerprint density at radius 3 is 3.06 bits per heavy atom. The van der Waals surface area contributed by atoms with Gasteiger partial charge in [-0.15, -0.1) is 0 Å². The van der Waals surface area contributed by atoms with Crippen LogP contribution in [0.5, 0.6) is 0 Å². The van der Waals surface area contributed by atoms with Crippen LogP contribution in [0.25, 0.3) is 0 Å². The van der Waals surface area contributed by atoms with Crippen molar-refractivity contribution < 1.29 is 9.18 Å². The third-order valence-electron chi connectivity index (χ3n) is 3.07. The number of rotatable bonds is 3. The summed E-state index contributed by atoms with van der Waals surface area (Å²) in [7, 11) is 0. The monoisotopic (exact) mass is 314 g/mol. The van der Waals surface area contributed by atoms with E-state index in [1.165, 1.54) is 6.07 Å². The Morgan fingerprint density at radius 2 is 2.28 bits per heavy atom. The Balaban J connectivity index is 1.93. The lowest BCUT2D eigenvalue weighted by Gasteiger charge is -2.15. The van der Waals surface area contributed by atoms with Crippen molar-refractivity contribution in [3.63, 3.8) is 0 Å². The van der Waals surface area contributed by atoms with Crippen LogP contribution in [0.2, 0.25) is 0 Å². The van der Waals surface area contributed by atoms with E-state index in [1.54, 1.807) is 12.1 Å². The van der Waals surface area contributed by atoms with E-state index in [1.807, 2.05) is 0 Å². The highest BCUT2D eigenvalue weighted by molar-refractivity contribution is 9.10. The van der Waals surface area contributed by atoms with Crippen molar-refractivity contribution in [3.8, 4) is 0 Å². The van der Waals surface area contributed by atoms with Gasteiger partial charge in [0.25, 0.3) is 0 Å². The van der Waals surface area contributed by atoms with Gasteiger partial charge in [-0.2, -0.15) is 0 Å². The highest BCUT2D eigenvalue weighted by Crippen LogP contribution is 2.17. The van der Waals surface area contributed by atoms with Crippen molar-refractivity contribution in [2.45, 2.75) is 31.8 Å². The molecule has 1 atom stereocenters. The summed E-state index contributed by atoms with van der Waals surface area (Å²) in [5, 5.41) is 6.10. The fourth-order valence-electron chi connectivity index (χ4n) is 2.02. The van der Waals surface area contributed by atoms with Crippen LogP contribution in [0, 0.1) is 5.82 Å². The summed E-state index contributed by atoms with van der Waals surface area (Å²) < 4.78 is 13.5. The molecule has 5 heteroatoms. The van der Waals surface area contributed by atoms with Crippen LogP contribution in [0.1, 0.15) is 24.8 Å². The SMILES string of the molecule is O=C1NCCCC[C@@H]1NCc1ccc(F)c(Br)c1. The van der Waals surface area contributed by atoms with E-state index in [0.29, 0.717) is 11.0 Å². The van der Waals surface area contributed by atoms with Gasteiger partial charge in [0, 0.05) is 13.1 Å². The molecule has 0 aliphatic carbocycles. The van der Waals surface area contributed by atoms with Crippen LogP contribution in [-0.4, -0.2) is 18.5 Å². The fourth-order valence-corrected chi connectivity index (χ4v) is 2.45. The van der Waals surface area contributed by atoms with E-state index in [0.717, 1.165) is 31.4 Å². The molecule has 0 bridgehead atoms. The summed E-state index contributed by atoms with van der Waals surface area (Å²) in [6.45, 7) is 1.33. The van der Waals surface area contributed by atoms with Gasteiger partial charge in [0.1, 0.15) is 5.82 Å². The zero-order chi connectivity index (χ0) is 13.0. The molecule has 3 nitrogen and oxygen atoms in total. The first-order valence-corrected chi connectivity index (χ1v) is 6.91. The number of hydrogen-bond acceptors (Lipinski definition) is 2. The maximum Gasteiger partial charge on any atom is 0.237 e. The van der Waals surface area contributed by atoms with E-state index in [2.05, 4.69) is 26.6 Å². The third kappa shape index (κ3) is 3.53. The van der Waals surface area contributed by atoms with Crippen LogP contribution in [-0.2, 0) is 11.3 Å². The van der Waals surface area contributed by atoms with Gasteiger partial charge in [0.05, 0.1) is 10.5 Å². The molecule has 1 aliphatic rings. The first kappa shape index (κ1) is 13.5. The number of carbonyl (C=O) groups is 1. The van der Waals surface area contributed by atoms with Crippen molar-refractivity contribution in [1.82, 2.24) is 10.6 Å². The molecular formula is C13H16BrFN2O. The molecule has 1 fully saturated rings. The summed E-state index contributed by atoms with van der Waals surface area (Å²) >= 11 is 3.15. The zero-order valence-corrected chi connectivity index (χ0v) is 11.6. The molecule has 2 N–H and O–H groups in total. The summed E-state index contributed by atoms with van der Waals surface area (Å²) in [5.74, 6) is -0.209. The van der Waals surface area contributed by atoms with Crippen LogP contribution < -0.4 is 10.6 Å². The van der Waals surface area contributed by atoms with E-state index in [-0.39, 0.29) is 17.8 Å². The maximum atomic E-state index is 13.1. The molecule has 1 amide bonds. The van der Waals surface area contributed by atoms with Crippen LogP contribution >= 0.6 is 15.9 Å². The maximum absolute atomic E-state index is 13.1. The molecule has 1 aromatic carbocycles. The van der Waals surface area contributed by atoms with Gasteiger partial charge >= 0.3 is 0 Å². The molecule has 0 aromatic heterocycles. The highest BCUT2D eigenvalue weighted by Gasteiger charge is 2.19. The minimum atomic E-state index is -0.272. The molecule has 0 spiro atoms. The van der Waals surface area contributed by atoms with Gasteiger partial charge in [-0.25, -0.2) is 4.39 Å². The van der Waals surface area contributed by atoms with Crippen LogP contribution in [0.4, 0.5) is 4.39 Å². The Bertz CT molecular complexity index is 439. The van der Waals surface area contributed by atoms with Gasteiger partial charge < -0.3 is 10.6 Å². The Labute approximate surface area is 114 Å². The van der Waals surface area contributed by atoms with E-state index in [4.69, 9.17) is 0 Å². The molecule has 1 saturated heterocycles. The number of carbonyl (C=O) groups excluding carboxylic acids is 1. The second-order valence-electron chi connectivity index (χ2n) is 4.47. The Hall–Kier alpha value is -0.940. The minimum Gasteiger partial charge on any atom is -0.355 e. The lowest BCUT2D eigenvalue weighted by molar-refractivity contribution is -0.122. The van der Waals surface area contributed by atoms with Crippen LogP contribution in [0.3, 0.4) is 0 Å². The van der Waals surface area contributed by atoms with Gasteiger partial charge in [0.2, 0.25) is 5.91 Å². The predicted octanol–water partition coefficient (Wildman–Crippen LogP) is 2.35. The number of amides is 1. The summed E-state index contributed by atoms with van der Waals surface area (Å²) in [6.07, 6.45) is 2.93. The van der Waals surface area contributed by atoms with Crippen molar-refractivity contribution >= 4 is 21.8 Å². The Kier molecular flexibility index (Phi) is 4.72. The normalized spacial score (nSPS) is 20.3. The molecule has 0 unspecified atom stereocenters. The van der Waals surface area contributed by atoms with Crippen molar-refractivity contribution in [1.29, 1.82) is 0 Å². The first-order chi connectivity index (χ1) is 8.66. The second-order valence-corrected chi connectivity index (χ2v) is 5.32. The molecule has 18 heavy (non-hydrogen) atoms. The number of hydrogen-bond donors (Lipinski definition) is 2. The molecule has 0 radical (unpaired) electrons. The molecule has 0 saturated carbocycles. The third-order valence-corrected chi connectivity index (χ3v) is 3.68. The van der Waals surface area contributed by atoms with E-state index in [9.17, 15) is 9.18 Å². The van der Waals surface area contributed by atoms with Gasteiger partial charge in [0.15, 0.2) is 0 Å². The standard InChI is InChI=1S/C13H16BrFN2O/c14-10-7-9(4-5-11(10)15)8-17-12-3-1-2-6-16-13(12)18/h4-5,7,12,17H,1-3,6,8H2,(H,16,18)/t12-/m0/s1. The van der Waals surface area contributed by atoms with Crippen LogP contribution in [0.15, 0.2) is 22.7 Å². The van der Waals surface area contributed by atoms with Crippen molar-refractivity contribution in [2.24, 2.45) is 0 Å². The lowest BCUT2D eigenvalue weighted by atomic mass is 10.1. The number of nitrogens with one attached hydrogen (secondary N) is 2. The number of halogens is 2. The predicted molar refractivity (Wildman–Crippen MR) is 71.6 cm³/mol. The number of benzene rings is 1. The quantitative estimate of drug-likeness (QED) is 0.899. The first-order valence-electron chi connectivity index (χ1n) is 6.12. The molecule has 1 aromatic rings. The average molecular weight is 315 g/mol. The minimum absolute atomic E-state index is 0.0636. The molecular weight excluding hydrogens is 299 g/mol. The molecule has 98 valence electrons. The van der Waals surface area contributed by atoms with Crippen molar-refractivity contribution in [2.75, 3.05) is 6.54 Å². The van der Waals surface area contributed by atoms with Gasteiger partial charge in [-0.3, -0.25) is 4.79 Å². The van der Waals surface area contributed by atoms with Crippen molar-refractivity contribution in [3.05, 3.63) is 34.1 Å². The lowest BCUT2D eigenvalue weighted by Crippen LogP contribution is -2.42. The highest BCUT2D eigenvalue weighted by atomic mass is 79.9. The zero-order valence-electron chi connectivity index (χ0n) is 10.0. The van der Waals surface area contributed by atoms with E-state index < -0.39 is 0 Å². The average Bonchev–Trinajstić information content (AvgIpc) is 2.56. The van der Waals surface area contributed by atoms with Gasteiger partial charge in [-0.05, 0) is 52.9 Å². The Morgan fingerprint density at radius 1 is 1.44 bits per heavy atom.